The monoisotopic (exact) mass is 308 g/mol. The molecule has 0 aromatic heterocycles. The van der Waals surface area contributed by atoms with Crippen LogP contribution in [0.1, 0.15) is 26.2 Å². The predicted octanol–water partition coefficient (Wildman–Crippen LogP) is 2.70. The van der Waals surface area contributed by atoms with Gasteiger partial charge in [0.1, 0.15) is 0 Å². The van der Waals surface area contributed by atoms with E-state index in [-0.39, 0.29) is 16.5 Å². The number of nitrogens with zero attached hydrogens (tertiary/aromatic N) is 2. The number of benzene rings is 1. The van der Waals surface area contributed by atoms with Gasteiger partial charge in [0.05, 0.1) is 27.1 Å². The number of sulfone groups is 1. The maximum absolute atomic E-state index is 12.7. The second kappa shape index (κ2) is 5.82. The molecule has 21 heavy (non-hydrogen) atoms. The van der Waals surface area contributed by atoms with E-state index in [1.807, 2.05) is 6.92 Å². The molecule has 112 valence electrons. The first-order valence-corrected chi connectivity index (χ1v) is 8.29. The molecule has 2 rings (SSSR count). The molecule has 0 amide bonds. The van der Waals surface area contributed by atoms with Gasteiger partial charge in [-0.3, -0.25) is 10.1 Å². The van der Waals surface area contributed by atoms with Crippen molar-refractivity contribution in [2.24, 2.45) is 11.8 Å². The average molecular weight is 308 g/mol. The van der Waals surface area contributed by atoms with Crippen LogP contribution in [0.3, 0.4) is 0 Å². The van der Waals surface area contributed by atoms with Crippen LogP contribution < -0.4 is 0 Å². The zero-order chi connectivity index (χ0) is 15.6. The van der Waals surface area contributed by atoms with E-state index in [4.69, 9.17) is 0 Å². The fraction of sp³-hybridized carbons (Fsp3) is 0.500. The first-order chi connectivity index (χ1) is 9.86. The molecule has 3 unspecified atom stereocenters. The lowest BCUT2D eigenvalue weighted by molar-refractivity contribution is -0.384. The molecule has 0 N–H and O–H groups in total. The highest BCUT2D eigenvalue weighted by atomic mass is 32.2. The maximum atomic E-state index is 12.7. The Morgan fingerprint density at radius 3 is 2.43 bits per heavy atom. The molecule has 0 radical (unpaired) electrons. The van der Waals surface area contributed by atoms with Gasteiger partial charge in [-0.15, -0.1) is 0 Å². The van der Waals surface area contributed by atoms with E-state index < -0.39 is 25.9 Å². The first-order valence-electron chi connectivity index (χ1n) is 6.74. The summed E-state index contributed by atoms with van der Waals surface area (Å²) in [6.07, 6.45) is 1.89. The Morgan fingerprint density at radius 1 is 1.29 bits per heavy atom. The Balaban J connectivity index is 2.36. The quantitative estimate of drug-likeness (QED) is 0.631. The molecule has 0 heterocycles. The van der Waals surface area contributed by atoms with Crippen LogP contribution in [-0.2, 0) is 9.84 Å². The third kappa shape index (κ3) is 3.05. The van der Waals surface area contributed by atoms with Gasteiger partial charge in [0.2, 0.25) is 0 Å². The normalized spacial score (nSPS) is 26.0. The van der Waals surface area contributed by atoms with Gasteiger partial charge in [-0.2, -0.15) is 5.26 Å². The second-order valence-corrected chi connectivity index (χ2v) is 7.66. The minimum absolute atomic E-state index is 0.0486. The van der Waals surface area contributed by atoms with Gasteiger partial charge in [-0.05, 0) is 37.3 Å². The van der Waals surface area contributed by atoms with Crippen LogP contribution in [-0.4, -0.2) is 18.6 Å². The van der Waals surface area contributed by atoms with Crippen molar-refractivity contribution < 1.29 is 13.3 Å². The average Bonchev–Trinajstić information content (AvgIpc) is 2.47. The van der Waals surface area contributed by atoms with Gasteiger partial charge in [0.25, 0.3) is 5.69 Å². The van der Waals surface area contributed by atoms with E-state index in [0.717, 1.165) is 6.42 Å². The van der Waals surface area contributed by atoms with Gasteiger partial charge in [0.15, 0.2) is 9.84 Å². The number of nitro groups is 1. The lowest BCUT2D eigenvalue weighted by Gasteiger charge is -2.30. The third-order valence-corrected chi connectivity index (χ3v) is 6.24. The molecule has 1 saturated carbocycles. The molecular formula is C14H16N2O4S. The van der Waals surface area contributed by atoms with Crippen LogP contribution in [0.4, 0.5) is 5.69 Å². The Bertz CT molecular complexity index is 676. The highest BCUT2D eigenvalue weighted by Gasteiger charge is 2.39. The van der Waals surface area contributed by atoms with E-state index >= 15 is 0 Å². The van der Waals surface area contributed by atoms with Crippen molar-refractivity contribution in [2.45, 2.75) is 36.3 Å². The van der Waals surface area contributed by atoms with Crippen molar-refractivity contribution in [3.05, 3.63) is 34.4 Å². The summed E-state index contributed by atoms with van der Waals surface area (Å²) in [4.78, 5) is 10.1. The third-order valence-electron chi connectivity index (χ3n) is 3.99. The molecule has 3 atom stereocenters. The van der Waals surface area contributed by atoms with Gasteiger partial charge in [-0.25, -0.2) is 8.42 Å². The summed E-state index contributed by atoms with van der Waals surface area (Å²) in [7, 11) is -3.64. The molecule has 0 saturated heterocycles. The summed E-state index contributed by atoms with van der Waals surface area (Å²) in [5.41, 5.74) is -0.150. The highest BCUT2D eigenvalue weighted by molar-refractivity contribution is 7.92. The van der Waals surface area contributed by atoms with E-state index in [9.17, 15) is 23.8 Å². The zero-order valence-electron chi connectivity index (χ0n) is 11.6. The number of rotatable bonds is 3. The summed E-state index contributed by atoms with van der Waals surface area (Å²) in [5, 5.41) is 19.1. The summed E-state index contributed by atoms with van der Waals surface area (Å²) < 4.78 is 25.3. The number of nitro benzene ring substituents is 1. The van der Waals surface area contributed by atoms with E-state index in [2.05, 4.69) is 6.07 Å². The lowest BCUT2D eigenvalue weighted by atomic mass is 9.83. The van der Waals surface area contributed by atoms with E-state index in [1.165, 1.54) is 24.3 Å². The van der Waals surface area contributed by atoms with Gasteiger partial charge < -0.3 is 0 Å². The fourth-order valence-electron chi connectivity index (χ4n) is 2.75. The maximum Gasteiger partial charge on any atom is 0.269 e. The summed E-state index contributed by atoms with van der Waals surface area (Å²) in [6.45, 7) is 1.98. The topological polar surface area (TPSA) is 101 Å². The Hall–Kier alpha value is -1.94. The molecule has 1 fully saturated rings. The van der Waals surface area contributed by atoms with Gasteiger partial charge in [0, 0.05) is 12.1 Å². The second-order valence-electron chi connectivity index (χ2n) is 5.49. The molecule has 0 aliphatic heterocycles. The number of non-ortho nitro benzene ring substituents is 1. The van der Waals surface area contributed by atoms with Crippen LogP contribution in [0.25, 0.3) is 0 Å². The van der Waals surface area contributed by atoms with Gasteiger partial charge in [-0.1, -0.05) is 6.92 Å². The Morgan fingerprint density at radius 2 is 1.90 bits per heavy atom. The SMILES string of the molecule is CC1CCC(C#N)C(S(=O)(=O)c2ccc([N+](=O)[O-])cc2)C1. The van der Waals surface area contributed by atoms with Crippen molar-refractivity contribution >= 4 is 15.5 Å². The number of hydrogen-bond donors (Lipinski definition) is 0. The largest absolute Gasteiger partial charge is 0.269 e. The molecule has 6 nitrogen and oxygen atoms in total. The Labute approximate surface area is 123 Å². The number of hydrogen-bond acceptors (Lipinski definition) is 5. The molecule has 1 aromatic carbocycles. The van der Waals surface area contributed by atoms with E-state index in [0.29, 0.717) is 12.8 Å². The highest BCUT2D eigenvalue weighted by Crippen LogP contribution is 2.36. The van der Waals surface area contributed by atoms with Crippen LogP contribution in [0, 0.1) is 33.3 Å². The van der Waals surface area contributed by atoms with Crippen molar-refractivity contribution in [1.29, 1.82) is 5.26 Å². The minimum Gasteiger partial charge on any atom is -0.258 e. The first kappa shape index (κ1) is 15.4. The summed E-state index contributed by atoms with van der Waals surface area (Å²) >= 11 is 0. The predicted molar refractivity (Wildman–Crippen MR) is 76.2 cm³/mol. The fourth-order valence-corrected chi connectivity index (χ4v) is 4.83. The van der Waals surface area contributed by atoms with Gasteiger partial charge >= 0.3 is 0 Å². The molecule has 7 heteroatoms. The van der Waals surface area contributed by atoms with Crippen LogP contribution in [0.5, 0.6) is 0 Å². The smallest absolute Gasteiger partial charge is 0.258 e. The van der Waals surface area contributed by atoms with Crippen LogP contribution >= 0.6 is 0 Å². The Kier molecular flexibility index (Phi) is 4.28. The van der Waals surface area contributed by atoms with Crippen LogP contribution in [0.2, 0.25) is 0 Å². The lowest BCUT2D eigenvalue weighted by Crippen LogP contribution is -2.34. The minimum atomic E-state index is -3.64. The zero-order valence-corrected chi connectivity index (χ0v) is 12.4. The standard InChI is InChI=1S/C14H16N2O4S/c1-10-2-3-11(9-15)14(8-10)21(19,20)13-6-4-12(5-7-13)16(17)18/h4-7,10-11,14H,2-3,8H2,1H3. The van der Waals surface area contributed by atoms with Crippen molar-refractivity contribution in [3.8, 4) is 6.07 Å². The van der Waals surface area contributed by atoms with Crippen molar-refractivity contribution in [3.63, 3.8) is 0 Å². The molecule has 1 aliphatic rings. The molecular weight excluding hydrogens is 292 g/mol. The summed E-state index contributed by atoms with van der Waals surface area (Å²) in [5.74, 6) is -0.256. The molecule has 1 aliphatic carbocycles. The molecule has 1 aromatic rings. The number of nitriles is 1. The van der Waals surface area contributed by atoms with Crippen molar-refractivity contribution in [1.82, 2.24) is 0 Å². The molecule has 0 spiro atoms. The van der Waals surface area contributed by atoms with Crippen LogP contribution in [0.15, 0.2) is 29.2 Å². The molecule has 0 bridgehead atoms. The van der Waals surface area contributed by atoms with Crippen molar-refractivity contribution in [2.75, 3.05) is 0 Å². The van der Waals surface area contributed by atoms with E-state index in [1.54, 1.807) is 0 Å². The summed E-state index contributed by atoms with van der Waals surface area (Å²) in [6, 6.07) is 6.96.